The average Bonchev–Trinajstić information content (AvgIpc) is 2.44. The van der Waals surface area contributed by atoms with E-state index >= 15 is 0 Å². The molecule has 5 heteroatoms. The van der Waals surface area contributed by atoms with E-state index in [2.05, 4.69) is 18.1 Å². The minimum Gasteiger partial charge on any atom is -0.381 e. The zero-order valence-corrected chi connectivity index (χ0v) is 12.3. The second-order valence-corrected chi connectivity index (χ2v) is 4.32. The van der Waals surface area contributed by atoms with Crippen molar-refractivity contribution in [2.75, 3.05) is 46.5 Å². The fraction of sp³-hybridized carbons (Fsp3) is 1.00. The van der Waals surface area contributed by atoms with Gasteiger partial charge >= 0.3 is 0 Å². The molecule has 4 nitrogen and oxygen atoms in total. The van der Waals surface area contributed by atoms with Crippen molar-refractivity contribution in [2.45, 2.75) is 32.8 Å². The minimum atomic E-state index is 0.480. The third kappa shape index (κ3) is 9.85. The first-order valence-corrected chi connectivity index (χ1v) is 6.98. The lowest BCUT2D eigenvalue weighted by Gasteiger charge is -2.26. The SMILES string of the molecule is C1COCCN1.CC.COC1CCN(S)CC1. The molecule has 0 unspecified atom stereocenters. The van der Waals surface area contributed by atoms with Gasteiger partial charge in [-0.05, 0) is 12.8 Å². The lowest BCUT2D eigenvalue weighted by atomic mass is 10.1. The van der Waals surface area contributed by atoms with E-state index in [4.69, 9.17) is 9.47 Å². The quantitative estimate of drug-likeness (QED) is 0.705. The Hall–Kier alpha value is 0.190. The van der Waals surface area contributed by atoms with E-state index in [0.717, 1.165) is 52.2 Å². The van der Waals surface area contributed by atoms with Crippen molar-refractivity contribution in [2.24, 2.45) is 0 Å². The van der Waals surface area contributed by atoms with Crippen LogP contribution in [-0.2, 0) is 9.47 Å². The van der Waals surface area contributed by atoms with Crippen molar-refractivity contribution >= 4 is 12.8 Å². The summed E-state index contributed by atoms with van der Waals surface area (Å²) in [6, 6.07) is 0. The largest absolute Gasteiger partial charge is 0.381 e. The van der Waals surface area contributed by atoms with Crippen molar-refractivity contribution in [3.05, 3.63) is 0 Å². The highest BCUT2D eigenvalue weighted by Crippen LogP contribution is 2.13. The van der Waals surface area contributed by atoms with Crippen molar-refractivity contribution in [1.29, 1.82) is 0 Å². The van der Waals surface area contributed by atoms with Crippen molar-refractivity contribution < 1.29 is 9.47 Å². The average molecular weight is 264 g/mol. The molecule has 0 amide bonds. The molecule has 0 radical (unpaired) electrons. The molecule has 0 saturated carbocycles. The summed E-state index contributed by atoms with van der Waals surface area (Å²) in [4.78, 5) is 0. The predicted molar refractivity (Wildman–Crippen MR) is 75.6 cm³/mol. The van der Waals surface area contributed by atoms with E-state index in [1.807, 2.05) is 18.2 Å². The fourth-order valence-electron chi connectivity index (χ4n) is 1.59. The Balaban J connectivity index is 0.000000278. The highest BCUT2D eigenvalue weighted by molar-refractivity contribution is 7.77. The number of thiol groups is 1. The number of ether oxygens (including phenoxy) is 2. The van der Waals surface area contributed by atoms with Crippen LogP contribution < -0.4 is 5.32 Å². The van der Waals surface area contributed by atoms with Crippen LogP contribution in [0.15, 0.2) is 0 Å². The van der Waals surface area contributed by atoms with Gasteiger partial charge in [0.05, 0.1) is 19.3 Å². The fourth-order valence-corrected chi connectivity index (χ4v) is 1.82. The van der Waals surface area contributed by atoms with Gasteiger partial charge in [0.2, 0.25) is 0 Å². The summed E-state index contributed by atoms with van der Waals surface area (Å²) < 4.78 is 12.2. The van der Waals surface area contributed by atoms with Crippen LogP contribution in [-0.4, -0.2) is 56.9 Å². The molecule has 2 aliphatic rings. The third-order valence-electron chi connectivity index (χ3n) is 2.60. The van der Waals surface area contributed by atoms with Gasteiger partial charge in [-0.25, -0.2) is 0 Å². The molecule has 0 aromatic carbocycles. The van der Waals surface area contributed by atoms with Crippen molar-refractivity contribution in [1.82, 2.24) is 9.62 Å². The topological polar surface area (TPSA) is 33.7 Å². The Bertz CT molecular complexity index is 138. The van der Waals surface area contributed by atoms with Gasteiger partial charge in [-0.2, -0.15) is 0 Å². The first kappa shape index (κ1) is 17.2. The van der Waals surface area contributed by atoms with Crippen LogP contribution in [0.1, 0.15) is 26.7 Å². The van der Waals surface area contributed by atoms with Crippen molar-refractivity contribution in [3.63, 3.8) is 0 Å². The number of rotatable bonds is 1. The molecule has 0 spiro atoms. The molecule has 2 heterocycles. The van der Waals surface area contributed by atoms with Crippen LogP contribution in [0.4, 0.5) is 0 Å². The second-order valence-electron chi connectivity index (χ2n) is 3.75. The first-order chi connectivity index (χ1) is 8.33. The number of hydrogen-bond acceptors (Lipinski definition) is 5. The molecule has 0 aliphatic carbocycles. The van der Waals surface area contributed by atoms with Crippen LogP contribution in [0.3, 0.4) is 0 Å². The van der Waals surface area contributed by atoms with Gasteiger partial charge in [0.1, 0.15) is 0 Å². The normalized spacial score (nSPS) is 21.9. The number of morpholine rings is 1. The number of nitrogens with zero attached hydrogens (tertiary/aromatic N) is 1. The summed E-state index contributed by atoms with van der Waals surface area (Å²) in [6.45, 7) is 9.95. The lowest BCUT2D eigenvalue weighted by molar-refractivity contribution is 0.0628. The van der Waals surface area contributed by atoms with E-state index in [1.54, 1.807) is 7.11 Å². The van der Waals surface area contributed by atoms with E-state index in [9.17, 15) is 0 Å². The van der Waals surface area contributed by atoms with Gasteiger partial charge in [-0.15, -0.1) is 0 Å². The molecule has 0 aromatic rings. The summed E-state index contributed by atoms with van der Waals surface area (Å²) in [5, 5.41) is 3.16. The molecule has 2 rings (SSSR count). The van der Waals surface area contributed by atoms with Crippen LogP contribution >= 0.6 is 12.8 Å². The van der Waals surface area contributed by atoms with E-state index < -0.39 is 0 Å². The number of nitrogens with one attached hydrogen (secondary N) is 1. The Morgan fingerprint density at radius 1 is 1.18 bits per heavy atom. The predicted octanol–water partition coefficient (Wildman–Crippen LogP) is 1.57. The van der Waals surface area contributed by atoms with Gasteiger partial charge in [0.15, 0.2) is 0 Å². The highest BCUT2D eigenvalue weighted by atomic mass is 32.1. The maximum Gasteiger partial charge on any atom is 0.0596 e. The number of hydrogen-bond donors (Lipinski definition) is 2. The molecule has 0 atom stereocenters. The lowest BCUT2D eigenvalue weighted by Crippen LogP contribution is -2.30. The first-order valence-electron chi connectivity index (χ1n) is 6.58. The van der Waals surface area contributed by atoms with Crippen LogP contribution in [0.2, 0.25) is 0 Å². The maximum atomic E-state index is 5.18. The zero-order valence-electron chi connectivity index (χ0n) is 11.4. The highest BCUT2D eigenvalue weighted by Gasteiger charge is 2.15. The molecular formula is C12H28N2O2S. The van der Waals surface area contributed by atoms with E-state index in [-0.39, 0.29) is 0 Å². The molecule has 0 aromatic heterocycles. The van der Waals surface area contributed by atoms with Crippen LogP contribution in [0.25, 0.3) is 0 Å². The Morgan fingerprint density at radius 3 is 2.00 bits per heavy atom. The molecule has 2 saturated heterocycles. The molecule has 104 valence electrons. The molecule has 2 fully saturated rings. The standard InChI is InChI=1S/C6H13NOS.C4H9NO.C2H6/c1-8-6-2-4-7(9)5-3-6;1-3-6-4-2-5-1;1-2/h6,9H,2-5H2,1H3;5H,1-4H2;1-2H3. The second kappa shape index (κ2) is 12.6. The van der Waals surface area contributed by atoms with Gasteiger partial charge < -0.3 is 14.8 Å². The third-order valence-corrected chi connectivity index (χ3v) is 3.00. The van der Waals surface area contributed by atoms with E-state index in [0.29, 0.717) is 6.10 Å². The van der Waals surface area contributed by atoms with Gasteiger partial charge in [-0.1, -0.05) is 26.7 Å². The Kier molecular flexibility index (Phi) is 12.8. The molecule has 0 bridgehead atoms. The summed E-state index contributed by atoms with van der Waals surface area (Å²) in [5.74, 6) is 0. The zero-order chi connectivity index (χ0) is 12.9. The van der Waals surface area contributed by atoms with Gasteiger partial charge in [-0.3, -0.25) is 4.31 Å². The minimum absolute atomic E-state index is 0.480. The monoisotopic (exact) mass is 264 g/mol. The summed E-state index contributed by atoms with van der Waals surface area (Å²) in [5.41, 5.74) is 0. The molecule has 1 N–H and O–H groups in total. The van der Waals surface area contributed by atoms with Gasteiger partial charge in [0, 0.05) is 33.3 Å². The Morgan fingerprint density at radius 2 is 1.71 bits per heavy atom. The molecule has 17 heavy (non-hydrogen) atoms. The van der Waals surface area contributed by atoms with Gasteiger partial charge in [0.25, 0.3) is 0 Å². The summed E-state index contributed by atoms with van der Waals surface area (Å²) in [7, 11) is 1.78. The molecular weight excluding hydrogens is 236 g/mol. The number of methoxy groups -OCH3 is 1. The van der Waals surface area contributed by atoms with Crippen molar-refractivity contribution in [3.8, 4) is 0 Å². The summed E-state index contributed by atoms with van der Waals surface area (Å²) >= 11 is 4.22. The summed E-state index contributed by atoms with van der Waals surface area (Å²) in [6.07, 6.45) is 2.73. The van der Waals surface area contributed by atoms with Crippen LogP contribution in [0, 0.1) is 0 Å². The Labute approximate surface area is 112 Å². The smallest absolute Gasteiger partial charge is 0.0596 e. The molecule has 2 aliphatic heterocycles. The van der Waals surface area contributed by atoms with E-state index in [1.165, 1.54) is 0 Å². The number of piperidine rings is 1. The maximum absolute atomic E-state index is 5.18. The van der Waals surface area contributed by atoms with Crippen LogP contribution in [0.5, 0.6) is 0 Å².